The zero-order valence-corrected chi connectivity index (χ0v) is 9.51. The van der Waals surface area contributed by atoms with Crippen molar-refractivity contribution < 1.29 is 4.74 Å². The molecular weight excluding hydrogens is 172 g/mol. The van der Waals surface area contributed by atoms with Gasteiger partial charge in [-0.3, -0.25) is 0 Å². The summed E-state index contributed by atoms with van der Waals surface area (Å²) in [5, 5.41) is 0. The fourth-order valence-electron chi connectivity index (χ4n) is 2.56. The summed E-state index contributed by atoms with van der Waals surface area (Å²) < 4.78 is 5.84. The molecule has 0 heterocycles. The molecule has 1 spiro atoms. The third-order valence-corrected chi connectivity index (χ3v) is 3.61. The molecule has 0 aromatic heterocycles. The summed E-state index contributed by atoms with van der Waals surface area (Å²) in [6, 6.07) is 0. The van der Waals surface area contributed by atoms with Crippen molar-refractivity contribution in [3.63, 3.8) is 0 Å². The van der Waals surface area contributed by atoms with E-state index in [1.54, 1.807) is 0 Å². The van der Waals surface area contributed by atoms with E-state index in [0.717, 1.165) is 6.61 Å². The number of hydrogen-bond acceptors (Lipinski definition) is 1. The van der Waals surface area contributed by atoms with E-state index in [4.69, 9.17) is 4.74 Å². The molecule has 0 aromatic rings. The van der Waals surface area contributed by atoms with Crippen LogP contribution in [0, 0.1) is 11.3 Å². The highest BCUT2D eigenvalue weighted by Gasteiger charge is 2.39. The number of ether oxygens (including phenoxy) is 1. The first-order valence-electron chi connectivity index (χ1n) is 6.02. The third-order valence-electron chi connectivity index (χ3n) is 3.61. The van der Waals surface area contributed by atoms with Crippen LogP contribution in [0.1, 0.15) is 52.4 Å². The molecule has 14 heavy (non-hydrogen) atoms. The first kappa shape index (κ1) is 10.1. The predicted octanol–water partition coefficient (Wildman–Crippen LogP) is 3.90. The van der Waals surface area contributed by atoms with Gasteiger partial charge in [0.25, 0.3) is 0 Å². The van der Waals surface area contributed by atoms with Crippen LogP contribution >= 0.6 is 0 Å². The van der Waals surface area contributed by atoms with E-state index >= 15 is 0 Å². The van der Waals surface area contributed by atoms with Crippen molar-refractivity contribution in [2.45, 2.75) is 52.4 Å². The molecule has 2 aliphatic carbocycles. The second-order valence-corrected chi connectivity index (χ2v) is 5.44. The smallest absolute Gasteiger partial charge is 0.0925 e. The Morgan fingerprint density at radius 3 is 2.71 bits per heavy atom. The average molecular weight is 194 g/mol. The summed E-state index contributed by atoms with van der Waals surface area (Å²) >= 11 is 0. The van der Waals surface area contributed by atoms with Crippen LogP contribution in [0.2, 0.25) is 0 Å². The van der Waals surface area contributed by atoms with Gasteiger partial charge in [-0.25, -0.2) is 0 Å². The van der Waals surface area contributed by atoms with Crippen molar-refractivity contribution in [1.82, 2.24) is 0 Å². The summed E-state index contributed by atoms with van der Waals surface area (Å²) in [7, 11) is 0. The van der Waals surface area contributed by atoms with E-state index in [2.05, 4.69) is 19.9 Å². The predicted molar refractivity (Wildman–Crippen MR) is 59.0 cm³/mol. The molecule has 80 valence electrons. The van der Waals surface area contributed by atoms with Gasteiger partial charge in [-0.2, -0.15) is 0 Å². The van der Waals surface area contributed by atoms with Gasteiger partial charge in [-0.05, 0) is 43.1 Å². The standard InChI is InChI=1S/C13H22O/c1-11(2)10-14-12-5-3-6-13(9-12)7-4-8-13/h5,11H,3-4,6-10H2,1-2H3. The molecule has 0 N–H and O–H groups in total. The second-order valence-electron chi connectivity index (χ2n) is 5.44. The van der Waals surface area contributed by atoms with Gasteiger partial charge >= 0.3 is 0 Å². The van der Waals surface area contributed by atoms with E-state index < -0.39 is 0 Å². The lowest BCUT2D eigenvalue weighted by molar-refractivity contribution is 0.0665. The lowest BCUT2D eigenvalue weighted by atomic mass is 9.62. The minimum atomic E-state index is 0.648. The Bertz CT molecular complexity index is 223. The molecule has 0 radical (unpaired) electrons. The molecule has 0 aromatic carbocycles. The quantitative estimate of drug-likeness (QED) is 0.662. The van der Waals surface area contributed by atoms with Gasteiger partial charge in [0.15, 0.2) is 0 Å². The molecule has 0 atom stereocenters. The van der Waals surface area contributed by atoms with Gasteiger partial charge < -0.3 is 4.74 Å². The van der Waals surface area contributed by atoms with Crippen molar-refractivity contribution >= 4 is 0 Å². The maximum Gasteiger partial charge on any atom is 0.0925 e. The summed E-state index contributed by atoms with van der Waals surface area (Å²) in [6.45, 7) is 5.31. The van der Waals surface area contributed by atoms with Gasteiger partial charge in [0.05, 0.1) is 12.4 Å². The normalized spacial score (nSPS) is 24.6. The topological polar surface area (TPSA) is 9.23 Å². The maximum absolute atomic E-state index is 5.84. The van der Waals surface area contributed by atoms with Crippen LogP contribution in [0.15, 0.2) is 11.8 Å². The van der Waals surface area contributed by atoms with E-state index in [1.807, 2.05) is 0 Å². The average Bonchev–Trinajstić information content (AvgIpc) is 2.13. The molecule has 0 unspecified atom stereocenters. The lowest BCUT2D eigenvalue weighted by Gasteiger charge is -2.44. The van der Waals surface area contributed by atoms with Crippen molar-refractivity contribution in [2.24, 2.45) is 11.3 Å². The highest BCUT2D eigenvalue weighted by molar-refractivity contribution is 5.07. The van der Waals surface area contributed by atoms with Crippen LogP contribution in [-0.2, 0) is 4.74 Å². The summed E-state index contributed by atoms with van der Waals surface area (Å²) in [6.07, 6.45) is 10.5. The monoisotopic (exact) mass is 194 g/mol. The fourth-order valence-corrected chi connectivity index (χ4v) is 2.56. The molecule has 1 fully saturated rings. The Kier molecular flexibility index (Phi) is 2.85. The van der Waals surface area contributed by atoms with Crippen molar-refractivity contribution in [3.8, 4) is 0 Å². The van der Waals surface area contributed by atoms with Crippen LogP contribution in [0.3, 0.4) is 0 Å². The molecule has 2 aliphatic rings. The molecule has 0 aliphatic heterocycles. The van der Waals surface area contributed by atoms with Crippen LogP contribution in [0.25, 0.3) is 0 Å². The number of rotatable bonds is 3. The fraction of sp³-hybridized carbons (Fsp3) is 0.846. The second kappa shape index (κ2) is 3.96. The van der Waals surface area contributed by atoms with Gasteiger partial charge in [-0.15, -0.1) is 0 Å². The zero-order chi connectivity index (χ0) is 10.0. The van der Waals surface area contributed by atoms with Gasteiger partial charge in [0, 0.05) is 6.42 Å². The van der Waals surface area contributed by atoms with Crippen LogP contribution < -0.4 is 0 Å². The Balaban J connectivity index is 1.84. The molecule has 2 rings (SSSR count). The number of allylic oxidation sites excluding steroid dienone is 2. The van der Waals surface area contributed by atoms with Crippen molar-refractivity contribution in [1.29, 1.82) is 0 Å². The maximum atomic E-state index is 5.84. The first-order chi connectivity index (χ1) is 6.70. The zero-order valence-electron chi connectivity index (χ0n) is 9.51. The van der Waals surface area contributed by atoms with Crippen LogP contribution in [0.5, 0.6) is 0 Å². The number of hydrogen-bond donors (Lipinski definition) is 0. The molecule has 0 amide bonds. The van der Waals surface area contributed by atoms with Crippen LogP contribution in [-0.4, -0.2) is 6.61 Å². The van der Waals surface area contributed by atoms with Gasteiger partial charge in [0.1, 0.15) is 0 Å². The van der Waals surface area contributed by atoms with E-state index in [-0.39, 0.29) is 0 Å². The Morgan fingerprint density at radius 1 is 1.36 bits per heavy atom. The highest BCUT2D eigenvalue weighted by atomic mass is 16.5. The van der Waals surface area contributed by atoms with E-state index in [1.165, 1.54) is 44.3 Å². The van der Waals surface area contributed by atoms with Crippen molar-refractivity contribution in [3.05, 3.63) is 11.8 Å². The highest BCUT2D eigenvalue weighted by Crippen LogP contribution is 2.51. The molecule has 0 bridgehead atoms. The molecular formula is C13H22O. The third kappa shape index (κ3) is 2.13. The molecule has 1 saturated carbocycles. The van der Waals surface area contributed by atoms with E-state index in [9.17, 15) is 0 Å². The lowest BCUT2D eigenvalue weighted by Crippen LogP contribution is -2.32. The Hall–Kier alpha value is -0.460. The molecule has 1 nitrogen and oxygen atoms in total. The largest absolute Gasteiger partial charge is 0.498 e. The van der Waals surface area contributed by atoms with E-state index in [0.29, 0.717) is 11.3 Å². The minimum absolute atomic E-state index is 0.648. The summed E-state index contributed by atoms with van der Waals surface area (Å²) in [5.41, 5.74) is 0.668. The summed E-state index contributed by atoms with van der Waals surface area (Å²) in [4.78, 5) is 0. The van der Waals surface area contributed by atoms with Crippen molar-refractivity contribution in [2.75, 3.05) is 6.61 Å². The molecule has 0 saturated heterocycles. The Morgan fingerprint density at radius 2 is 2.14 bits per heavy atom. The van der Waals surface area contributed by atoms with Gasteiger partial charge in [-0.1, -0.05) is 20.3 Å². The summed E-state index contributed by atoms with van der Waals surface area (Å²) in [5.74, 6) is 1.93. The SMILES string of the molecule is CC(C)COC1=CCCC2(CCC2)C1. The van der Waals surface area contributed by atoms with Gasteiger partial charge in [0.2, 0.25) is 0 Å². The molecule has 1 heteroatoms. The Labute approximate surface area is 87.5 Å². The van der Waals surface area contributed by atoms with Crippen LogP contribution in [0.4, 0.5) is 0 Å². The first-order valence-corrected chi connectivity index (χ1v) is 6.02. The minimum Gasteiger partial charge on any atom is -0.498 e.